The highest BCUT2D eigenvalue weighted by molar-refractivity contribution is 6.32. The van der Waals surface area contributed by atoms with Crippen LogP contribution in [0.15, 0.2) is 48.3 Å². The van der Waals surface area contributed by atoms with E-state index in [-0.39, 0.29) is 10.7 Å². The maximum atomic E-state index is 12.2. The molecule has 0 aliphatic heterocycles. The van der Waals surface area contributed by atoms with Crippen LogP contribution < -0.4 is 10.6 Å². The van der Waals surface area contributed by atoms with Gasteiger partial charge in [-0.1, -0.05) is 29.3 Å². The number of aromatic nitrogens is 1. The number of amides is 1. The number of hydrogen-bond donors (Lipinski definition) is 2. The third-order valence-electron chi connectivity index (χ3n) is 3.13. The molecule has 6 heteroatoms. The summed E-state index contributed by atoms with van der Waals surface area (Å²) in [6.07, 6.45) is 2.86. The first-order valence-electron chi connectivity index (χ1n) is 6.87. The molecule has 0 aliphatic rings. The van der Waals surface area contributed by atoms with Crippen LogP contribution in [-0.4, -0.2) is 10.9 Å². The van der Waals surface area contributed by atoms with Crippen molar-refractivity contribution >= 4 is 28.9 Å². The van der Waals surface area contributed by atoms with Crippen molar-refractivity contribution in [1.29, 1.82) is 5.26 Å². The molecule has 23 heavy (non-hydrogen) atoms. The van der Waals surface area contributed by atoms with E-state index < -0.39 is 5.91 Å². The predicted octanol–water partition coefficient (Wildman–Crippen LogP) is 3.81. The molecule has 0 bridgehead atoms. The molecule has 2 N–H and O–H groups in total. The first-order valence-corrected chi connectivity index (χ1v) is 7.25. The number of nitrogens with one attached hydrogen (secondary N) is 2. The summed E-state index contributed by atoms with van der Waals surface area (Å²) in [5, 5.41) is 15.0. The molecule has 1 heterocycles. The molecular formula is C17H15ClN4O. The van der Waals surface area contributed by atoms with Crippen LogP contribution in [0.3, 0.4) is 0 Å². The first kappa shape index (κ1) is 16.5. The van der Waals surface area contributed by atoms with Crippen molar-refractivity contribution in [3.63, 3.8) is 0 Å². The number of carbonyl (C=O) groups is 1. The molecule has 0 saturated heterocycles. The van der Waals surface area contributed by atoms with Crippen LogP contribution in [0.4, 0.5) is 11.4 Å². The minimum absolute atomic E-state index is 0.0649. The average Bonchev–Trinajstić information content (AvgIpc) is 2.52. The van der Waals surface area contributed by atoms with Gasteiger partial charge in [-0.25, -0.2) is 4.98 Å². The molecule has 1 aromatic heterocycles. The van der Waals surface area contributed by atoms with E-state index in [2.05, 4.69) is 15.6 Å². The minimum Gasteiger partial charge on any atom is -0.358 e. The molecule has 0 atom stereocenters. The standard InChI is InChI=1S/C17H15ClN4O/c1-11-5-6-14(12(2)8-11)22-17(23)13(9-19)10-21-15-4-3-7-20-16(15)18/h3-8,10,21H,1-2H3,(H,22,23)/b13-10-. The minimum atomic E-state index is -0.494. The highest BCUT2D eigenvalue weighted by Crippen LogP contribution is 2.19. The van der Waals surface area contributed by atoms with Crippen LogP contribution in [0, 0.1) is 25.2 Å². The molecule has 1 amide bonds. The Hall–Kier alpha value is -2.84. The number of aryl methyl sites for hydroxylation is 2. The Kier molecular flexibility index (Phi) is 5.34. The van der Waals surface area contributed by atoms with Gasteiger partial charge in [0.15, 0.2) is 5.15 Å². The molecule has 2 aromatic rings. The summed E-state index contributed by atoms with van der Waals surface area (Å²) in [5.74, 6) is -0.494. The topological polar surface area (TPSA) is 77.8 Å². The van der Waals surface area contributed by atoms with Crippen molar-refractivity contribution in [2.24, 2.45) is 0 Å². The van der Waals surface area contributed by atoms with E-state index in [1.54, 1.807) is 18.3 Å². The maximum Gasteiger partial charge on any atom is 0.267 e. The van der Waals surface area contributed by atoms with Gasteiger partial charge in [-0.15, -0.1) is 0 Å². The van der Waals surface area contributed by atoms with Crippen molar-refractivity contribution in [3.8, 4) is 6.07 Å². The predicted molar refractivity (Wildman–Crippen MR) is 91.1 cm³/mol. The normalized spacial score (nSPS) is 10.8. The Bertz CT molecular complexity index is 808. The summed E-state index contributed by atoms with van der Waals surface area (Å²) in [5.41, 5.74) is 3.15. The first-order chi connectivity index (χ1) is 11.0. The zero-order valence-corrected chi connectivity index (χ0v) is 13.5. The summed E-state index contributed by atoms with van der Waals surface area (Å²) in [6.45, 7) is 3.87. The van der Waals surface area contributed by atoms with Crippen LogP contribution in [0.25, 0.3) is 0 Å². The highest BCUT2D eigenvalue weighted by Gasteiger charge is 2.11. The lowest BCUT2D eigenvalue weighted by Gasteiger charge is -2.09. The lowest BCUT2D eigenvalue weighted by molar-refractivity contribution is -0.112. The highest BCUT2D eigenvalue weighted by atomic mass is 35.5. The van der Waals surface area contributed by atoms with Gasteiger partial charge in [-0.3, -0.25) is 4.79 Å². The van der Waals surface area contributed by atoms with E-state index in [1.165, 1.54) is 6.20 Å². The summed E-state index contributed by atoms with van der Waals surface area (Å²) < 4.78 is 0. The number of rotatable bonds is 4. The van der Waals surface area contributed by atoms with Crippen molar-refractivity contribution in [2.75, 3.05) is 10.6 Å². The molecule has 0 aliphatic carbocycles. The fourth-order valence-electron chi connectivity index (χ4n) is 1.94. The largest absolute Gasteiger partial charge is 0.358 e. The van der Waals surface area contributed by atoms with E-state index >= 15 is 0 Å². The van der Waals surface area contributed by atoms with Gasteiger partial charge in [0.2, 0.25) is 0 Å². The second-order valence-corrected chi connectivity index (χ2v) is 5.29. The molecule has 0 radical (unpaired) electrons. The smallest absolute Gasteiger partial charge is 0.267 e. The fraction of sp³-hybridized carbons (Fsp3) is 0.118. The average molecular weight is 327 g/mol. The number of benzene rings is 1. The summed E-state index contributed by atoms with van der Waals surface area (Å²) in [7, 11) is 0. The molecule has 0 spiro atoms. The van der Waals surface area contributed by atoms with Crippen molar-refractivity contribution in [2.45, 2.75) is 13.8 Å². The van der Waals surface area contributed by atoms with E-state index in [4.69, 9.17) is 16.9 Å². The second-order valence-electron chi connectivity index (χ2n) is 4.93. The molecular weight excluding hydrogens is 312 g/mol. The van der Waals surface area contributed by atoms with E-state index in [9.17, 15) is 4.79 Å². The number of nitriles is 1. The molecule has 0 saturated carbocycles. The molecule has 2 rings (SSSR count). The molecule has 0 fully saturated rings. The second kappa shape index (κ2) is 7.43. The monoisotopic (exact) mass is 326 g/mol. The number of nitrogens with zero attached hydrogens (tertiary/aromatic N) is 2. The number of anilines is 2. The maximum absolute atomic E-state index is 12.2. The zero-order chi connectivity index (χ0) is 16.8. The van der Waals surface area contributed by atoms with Crippen LogP contribution in [0.1, 0.15) is 11.1 Å². The van der Waals surface area contributed by atoms with Crippen molar-refractivity contribution < 1.29 is 4.79 Å². The van der Waals surface area contributed by atoms with Gasteiger partial charge >= 0.3 is 0 Å². The number of halogens is 1. The van der Waals surface area contributed by atoms with Crippen LogP contribution in [0.2, 0.25) is 5.15 Å². The lowest BCUT2D eigenvalue weighted by Crippen LogP contribution is -2.15. The Morgan fingerprint density at radius 1 is 1.30 bits per heavy atom. The SMILES string of the molecule is Cc1ccc(NC(=O)/C(C#N)=C\Nc2cccnc2Cl)c(C)c1. The lowest BCUT2D eigenvalue weighted by atomic mass is 10.1. The van der Waals surface area contributed by atoms with Crippen LogP contribution in [0.5, 0.6) is 0 Å². The Morgan fingerprint density at radius 3 is 2.74 bits per heavy atom. The fourth-order valence-corrected chi connectivity index (χ4v) is 2.11. The van der Waals surface area contributed by atoms with Crippen LogP contribution >= 0.6 is 11.6 Å². The summed E-state index contributed by atoms with van der Waals surface area (Å²) >= 11 is 5.91. The van der Waals surface area contributed by atoms with Gasteiger partial charge in [-0.05, 0) is 37.6 Å². The Labute approximate surface area is 139 Å². The molecule has 1 aromatic carbocycles. The van der Waals surface area contributed by atoms with Gasteiger partial charge in [0.25, 0.3) is 5.91 Å². The van der Waals surface area contributed by atoms with Gasteiger partial charge in [-0.2, -0.15) is 5.26 Å². The van der Waals surface area contributed by atoms with Gasteiger partial charge in [0.05, 0.1) is 5.69 Å². The third-order valence-corrected chi connectivity index (χ3v) is 3.43. The molecule has 0 unspecified atom stereocenters. The third kappa shape index (κ3) is 4.31. The summed E-state index contributed by atoms with van der Waals surface area (Å²) in [6, 6.07) is 10.9. The van der Waals surface area contributed by atoms with Gasteiger partial charge in [0.1, 0.15) is 11.6 Å². The van der Waals surface area contributed by atoms with Crippen molar-refractivity contribution in [1.82, 2.24) is 4.98 Å². The Balaban J connectivity index is 2.14. The van der Waals surface area contributed by atoms with Gasteiger partial charge in [0, 0.05) is 18.1 Å². The zero-order valence-electron chi connectivity index (χ0n) is 12.7. The molecule has 116 valence electrons. The van der Waals surface area contributed by atoms with E-state index in [0.717, 1.165) is 11.1 Å². The van der Waals surface area contributed by atoms with E-state index in [1.807, 2.05) is 38.1 Å². The van der Waals surface area contributed by atoms with Gasteiger partial charge < -0.3 is 10.6 Å². The Morgan fingerprint density at radius 2 is 2.09 bits per heavy atom. The summed E-state index contributed by atoms with van der Waals surface area (Å²) in [4.78, 5) is 16.1. The number of hydrogen-bond acceptors (Lipinski definition) is 4. The quantitative estimate of drug-likeness (QED) is 0.509. The number of pyridine rings is 1. The van der Waals surface area contributed by atoms with E-state index in [0.29, 0.717) is 11.4 Å². The molecule has 5 nitrogen and oxygen atoms in total. The number of carbonyl (C=O) groups excluding carboxylic acids is 1. The van der Waals surface area contributed by atoms with Crippen LogP contribution in [-0.2, 0) is 4.79 Å². The van der Waals surface area contributed by atoms with Crippen molar-refractivity contribution in [3.05, 3.63) is 64.6 Å².